The highest BCUT2D eigenvalue weighted by Crippen LogP contribution is 2.41. The van der Waals surface area contributed by atoms with Crippen LogP contribution in [0.4, 0.5) is 0 Å². The summed E-state index contributed by atoms with van der Waals surface area (Å²) >= 11 is 0. The van der Waals surface area contributed by atoms with Crippen LogP contribution < -0.4 is 4.72 Å². The second-order valence-corrected chi connectivity index (χ2v) is 8.93. The minimum absolute atomic E-state index is 0.0887. The summed E-state index contributed by atoms with van der Waals surface area (Å²) in [6.45, 7) is 4.42. The molecule has 0 bridgehead atoms. The number of rotatable bonds is 6. The van der Waals surface area contributed by atoms with Crippen molar-refractivity contribution < 1.29 is 17.6 Å². The van der Waals surface area contributed by atoms with Gasteiger partial charge in [0.25, 0.3) is 0 Å². The molecule has 1 aromatic rings. The number of nitrogens with one attached hydrogen (secondary N) is 1. The monoisotopic (exact) mass is 326 g/mol. The summed E-state index contributed by atoms with van der Waals surface area (Å²) in [6, 6.07) is 3.88. The van der Waals surface area contributed by atoms with Crippen LogP contribution in [0.2, 0.25) is 0 Å². The second-order valence-electron chi connectivity index (χ2n) is 6.89. The summed E-state index contributed by atoms with van der Waals surface area (Å²) in [6.07, 6.45) is 3.29. The Morgan fingerprint density at radius 2 is 2.27 bits per heavy atom. The van der Waals surface area contributed by atoms with Gasteiger partial charge >= 0.3 is 0 Å². The third kappa shape index (κ3) is 2.71. The molecule has 1 saturated carbocycles. The van der Waals surface area contributed by atoms with Gasteiger partial charge < -0.3 is 9.15 Å². The maximum atomic E-state index is 12.1. The Morgan fingerprint density at radius 1 is 1.41 bits per heavy atom. The Morgan fingerprint density at radius 3 is 3.00 bits per heavy atom. The lowest BCUT2D eigenvalue weighted by Gasteiger charge is -2.27. The molecule has 2 atom stereocenters. The smallest absolute Gasteiger partial charge is 0.214 e. The largest absolute Gasteiger partial charge is 0.468 e. The lowest BCUT2D eigenvalue weighted by Crippen LogP contribution is -2.43. The van der Waals surface area contributed by atoms with Gasteiger partial charge in [0, 0.05) is 31.0 Å². The molecule has 0 amide bonds. The Hall–Kier alpha value is -0.890. The van der Waals surface area contributed by atoms with Crippen molar-refractivity contribution >= 4 is 10.0 Å². The first-order valence-electron chi connectivity index (χ1n) is 7.88. The molecule has 1 aromatic heterocycles. The van der Waals surface area contributed by atoms with E-state index in [4.69, 9.17) is 9.15 Å². The third-order valence-electron chi connectivity index (χ3n) is 5.14. The molecule has 2 saturated heterocycles. The van der Waals surface area contributed by atoms with Crippen molar-refractivity contribution in [2.75, 3.05) is 32.8 Å². The quantitative estimate of drug-likeness (QED) is 0.837. The molecular weight excluding hydrogens is 304 g/mol. The highest BCUT2D eigenvalue weighted by molar-refractivity contribution is 7.90. The second kappa shape index (κ2) is 5.33. The van der Waals surface area contributed by atoms with Gasteiger partial charge in [0.05, 0.1) is 31.3 Å². The summed E-state index contributed by atoms with van der Waals surface area (Å²) in [5.74, 6) is 1.35. The highest BCUT2D eigenvalue weighted by atomic mass is 32.2. The summed E-state index contributed by atoms with van der Waals surface area (Å²) in [4.78, 5) is 2.34. The normalized spacial score (nSPS) is 32.5. The summed E-state index contributed by atoms with van der Waals surface area (Å²) in [5, 5.41) is -0.162. The molecule has 6 nitrogen and oxygen atoms in total. The van der Waals surface area contributed by atoms with Gasteiger partial charge in [-0.05, 0) is 25.0 Å². The van der Waals surface area contributed by atoms with Gasteiger partial charge in [0.15, 0.2) is 0 Å². The minimum atomic E-state index is -3.13. The fraction of sp³-hybridized carbons (Fsp3) is 0.733. The number of likely N-dealkylation sites (tertiary alicyclic amines) is 1. The van der Waals surface area contributed by atoms with E-state index in [1.807, 2.05) is 12.1 Å². The maximum absolute atomic E-state index is 12.1. The van der Waals surface area contributed by atoms with Gasteiger partial charge in [-0.25, -0.2) is 13.1 Å². The predicted molar refractivity (Wildman–Crippen MR) is 80.7 cm³/mol. The van der Waals surface area contributed by atoms with E-state index in [9.17, 15) is 8.42 Å². The molecule has 0 radical (unpaired) electrons. The van der Waals surface area contributed by atoms with Crippen LogP contribution in [0.5, 0.6) is 0 Å². The summed E-state index contributed by atoms with van der Waals surface area (Å²) in [7, 11) is -3.13. The first-order valence-corrected chi connectivity index (χ1v) is 9.43. The van der Waals surface area contributed by atoms with Crippen molar-refractivity contribution in [2.45, 2.75) is 24.6 Å². The van der Waals surface area contributed by atoms with Crippen LogP contribution in [0.3, 0.4) is 0 Å². The van der Waals surface area contributed by atoms with E-state index in [0.717, 1.165) is 44.8 Å². The molecule has 2 aliphatic heterocycles. The standard InChI is InChI=1S/C15H22N2O4S/c18-22(19,14-3-4-14)16-9-15-10-17(6-12(15)8-20-11-15)7-13-2-1-5-21-13/h1-2,5,12,14,16H,3-4,6-11H2/t12-,15+/m1/s1. The fourth-order valence-corrected chi connectivity index (χ4v) is 5.16. The van der Waals surface area contributed by atoms with E-state index in [1.54, 1.807) is 6.26 Å². The van der Waals surface area contributed by atoms with Crippen LogP contribution in [0.15, 0.2) is 22.8 Å². The molecule has 4 rings (SSSR count). The Bertz CT molecular complexity index is 626. The van der Waals surface area contributed by atoms with Crippen LogP contribution in [-0.2, 0) is 21.3 Å². The summed E-state index contributed by atoms with van der Waals surface area (Å²) < 4.78 is 38.1. The molecule has 0 spiro atoms. The average molecular weight is 326 g/mol. The van der Waals surface area contributed by atoms with Crippen LogP contribution in [0.25, 0.3) is 0 Å². The molecule has 1 aliphatic carbocycles. The van der Waals surface area contributed by atoms with Crippen LogP contribution in [0, 0.1) is 11.3 Å². The highest BCUT2D eigenvalue weighted by Gasteiger charge is 2.51. The van der Waals surface area contributed by atoms with Crippen molar-refractivity contribution in [3.63, 3.8) is 0 Å². The average Bonchev–Trinajstić information content (AvgIpc) is 2.95. The molecule has 122 valence electrons. The number of ether oxygens (including phenoxy) is 1. The Kier molecular flexibility index (Phi) is 3.56. The van der Waals surface area contributed by atoms with Crippen molar-refractivity contribution in [1.29, 1.82) is 0 Å². The molecule has 3 aliphatic rings. The Balaban J connectivity index is 1.42. The fourth-order valence-electron chi connectivity index (χ4n) is 3.68. The van der Waals surface area contributed by atoms with Gasteiger partial charge in [0.2, 0.25) is 10.0 Å². The van der Waals surface area contributed by atoms with Crippen LogP contribution in [0.1, 0.15) is 18.6 Å². The van der Waals surface area contributed by atoms with Gasteiger partial charge in [-0.3, -0.25) is 4.90 Å². The van der Waals surface area contributed by atoms with E-state index in [1.165, 1.54) is 0 Å². The molecular formula is C15H22N2O4S. The predicted octanol–water partition coefficient (Wildman–Crippen LogP) is 0.810. The zero-order valence-electron chi connectivity index (χ0n) is 12.5. The zero-order chi connectivity index (χ0) is 15.2. The van der Waals surface area contributed by atoms with Crippen LogP contribution >= 0.6 is 0 Å². The van der Waals surface area contributed by atoms with E-state index >= 15 is 0 Å². The van der Waals surface area contributed by atoms with Gasteiger partial charge in [0.1, 0.15) is 5.76 Å². The molecule has 3 heterocycles. The van der Waals surface area contributed by atoms with Gasteiger partial charge in [-0.2, -0.15) is 0 Å². The van der Waals surface area contributed by atoms with Crippen molar-refractivity contribution in [3.8, 4) is 0 Å². The third-order valence-corrected chi connectivity index (χ3v) is 7.04. The SMILES string of the molecule is O=S(=O)(NC[C@]12COC[C@H]1CN(Cc1ccco1)C2)C1CC1. The number of nitrogens with zero attached hydrogens (tertiary/aromatic N) is 1. The number of sulfonamides is 1. The van der Waals surface area contributed by atoms with E-state index in [2.05, 4.69) is 9.62 Å². The number of hydrogen-bond donors (Lipinski definition) is 1. The topological polar surface area (TPSA) is 71.8 Å². The minimum Gasteiger partial charge on any atom is -0.468 e. The number of fused-ring (bicyclic) bond motifs is 1. The Labute approximate surface area is 130 Å². The summed E-state index contributed by atoms with van der Waals surface area (Å²) in [5.41, 5.74) is -0.0887. The molecule has 3 fully saturated rings. The molecule has 22 heavy (non-hydrogen) atoms. The number of furan rings is 1. The van der Waals surface area contributed by atoms with Crippen molar-refractivity contribution in [1.82, 2.24) is 9.62 Å². The van der Waals surface area contributed by atoms with Gasteiger partial charge in [-0.1, -0.05) is 0 Å². The molecule has 0 aromatic carbocycles. The maximum Gasteiger partial charge on any atom is 0.214 e. The van der Waals surface area contributed by atoms with E-state index in [0.29, 0.717) is 19.1 Å². The van der Waals surface area contributed by atoms with Crippen LogP contribution in [-0.4, -0.2) is 51.4 Å². The van der Waals surface area contributed by atoms with Gasteiger partial charge in [-0.15, -0.1) is 0 Å². The number of hydrogen-bond acceptors (Lipinski definition) is 5. The van der Waals surface area contributed by atoms with E-state index in [-0.39, 0.29) is 10.7 Å². The lowest BCUT2D eigenvalue weighted by atomic mass is 9.81. The lowest BCUT2D eigenvalue weighted by molar-refractivity contribution is 0.126. The molecule has 0 unspecified atom stereocenters. The first kappa shape index (κ1) is 14.7. The zero-order valence-corrected chi connectivity index (χ0v) is 13.3. The molecule has 1 N–H and O–H groups in total. The van der Waals surface area contributed by atoms with E-state index < -0.39 is 10.0 Å². The van der Waals surface area contributed by atoms with Crippen molar-refractivity contribution in [3.05, 3.63) is 24.2 Å². The first-order chi connectivity index (χ1) is 10.6. The van der Waals surface area contributed by atoms with Crippen molar-refractivity contribution in [2.24, 2.45) is 11.3 Å². The molecule has 7 heteroatoms.